The van der Waals surface area contributed by atoms with Crippen molar-refractivity contribution < 1.29 is 13.9 Å². The van der Waals surface area contributed by atoms with Crippen LogP contribution in [0.5, 0.6) is 0 Å². The summed E-state index contributed by atoms with van der Waals surface area (Å²) in [6, 6.07) is 5.58. The van der Waals surface area contributed by atoms with Gasteiger partial charge in [-0.2, -0.15) is 5.10 Å². The maximum atomic E-state index is 13.1. The molecule has 1 amide bonds. The molecule has 6 heteroatoms. The average Bonchev–Trinajstić information content (AvgIpc) is 2.95. The Bertz CT molecular complexity index is 650. The number of anilines is 1. The third-order valence-electron chi connectivity index (χ3n) is 3.64. The highest BCUT2D eigenvalue weighted by Gasteiger charge is 2.15. The van der Waals surface area contributed by atoms with Crippen molar-refractivity contribution in [2.24, 2.45) is 0 Å². The molecule has 1 unspecified atom stereocenters. The zero-order valence-electron chi connectivity index (χ0n) is 12.2. The molecule has 1 fully saturated rings. The van der Waals surface area contributed by atoms with Gasteiger partial charge in [0, 0.05) is 18.4 Å². The Balaban J connectivity index is 1.60. The molecule has 22 heavy (non-hydrogen) atoms. The van der Waals surface area contributed by atoms with E-state index in [0.29, 0.717) is 12.2 Å². The van der Waals surface area contributed by atoms with Gasteiger partial charge >= 0.3 is 0 Å². The van der Waals surface area contributed by atoms with Gasteiger partial charge in [-0.1, -0.05) is 6.07 Å². The Hall–Kier alpha value is -2.21. The maximum Gasteiger partial charge on any atom is 0.255 e. The number of nitrogens with one attached hydrogen (secondary N) is 1. The molecule has 1 atom stereocenters. The van der Waals surface area contributed by atoms with E-state index >= 15 is 0 Å². The number of ether oxygens (including phenoxy) is 1. The molecule has 5 nitrogen and oxygen atoms in total. The fourth-order valence-corrected chi connectivity index (χ4v) is 2.52. The number of hydrogen-bond donors (Lipinski definition) is 1. The van der Waals surface area contributed by atoms with Crippen LogP contribution in [-0.4, -0.2) is 28.4 Å². The van der Waals surface area contributed by atoms with E-state index in [4.69, 9.17) is 4.74 Å². The number of carbonyl (C=O) groups excluding carboxylic acids is 1. The molecule has 0 radical (unpaired) electrons. The van der Waals surface area contributed by atoms with E-state index < -0.39 is 5.82 Å². The zero-order chi connectivity index (χ0) is 15.4. The highest BCUT2D eigenvalue weighted by molar-refractivity contribution is 6.04. The highest BCUT2D eigenvalue weighted by atomic mass is 19.1. The van der Waals surface area contributed by atoms with Crippen molar-refractivity contribution in [1.82, 2.24) is 9.78 Å². The van der Waals surface area contributed by atoms with E-state index in [-0.39, 0.29) is 17.6 Å². The van der Waals surface area contributed by atoms with Gasteiger partial charge in [-0.3, -0.25) is 9.48 Å². The van der Waals surface area contributed by atoms with E-state index in [1.54, 1.807) is 23.1 Å². The van der Waals surface area contributed by atoms with Gasteiger partial charge in [0.25, 0.3) is 5.91 Å². The van der Waals surface area contributed by atoms with Gasteiger partial charge in [0.15, 0.2) is 0 Å². The van der Waals surface area contributed by atoms with Crippen molar-refractivity contribution in [3.63, 3.8) is 0 Å². The van der Waals surface area contributed by atoms with Gasteiger partial charge in [0.1, 0.15) is 5.82 Å². The SMILES string of the molecule is O=C(Nc1cnn(CC2CCCCO2)c1)c1cccc(F)c1. The van der Waals surface area contributed by atoms with Crippen LogP contribution < -0.4 is 5.32 Å². The minimum absolute atomic E-state index is 0.181. The first kappa shape index (κ1) is 14.7. The van der Waals surface area contributed by atoms with Crippen molar-refractivity contribution in [2.75, 3.05) is 11.9 Å². The smallest absolute Gasteiger partial charge is 0.255 e. The Morgan fingerprint density at radius 2 is 2.36 bits per heavy atom. The van der Waals surface area contributed by atoms with Gasteiger partial charge in [-0.25, -0.2) is 4.39 Å². The van der Waals surface area contributed by atoms with E-state index in [1.807, 2.05) is 0 Å². The maximum absolute atomic E-state index is 13.1. The molecular formula is C16H18FN3O2. The molecule has 1 aromatic heterocycles. The van der Waals surface area contributed by atoms with Gasteiger partial charge in [0.05, 0.1) is 24.5 Å². The van der Waals surface area contributed by atoms with E-state index in [9.17, 15) is 9.18 Å². The van der Waals surface area contributed by atoms with Gasteiger partial charge in [0.2, 0.25) is 0 Å². The molecule has 1 aliphatic heterocycles. The molecule has 0 saturated carbocycles. The van der Waals surface area contributed by atoms with Crippen molar-refractivity contribution in [3.05, 3.63) is 48.0 Å². The third kappa shape index (κ3) is 3.71. The molecule has 3 rings (SSSR count). The first-order valence-corrected chi connectivity index (χ1v) is 7.42. The molecule has 1 saturated heterocycles. The quantitative estimate of drug-likeness (QED) is 0.945. The molecule has 1 aromatic carbocycles. The first-order valence-electron chi connectivity index (χ1n) is 7.42. The molecule has 0 bridgehead atoms. The summed E-state index contributed by atoms with van der Waals surface area (Å²) >= 11 is 0. The van der Waals surface area contributed by atoms with Crippen LogP contribution in [0.1, 0.15) is 29.6 Å². The summed E-state index contributed by atoms with van der Waals surface area (Å²) in [5.41, 5.74) is 0.869. The molecule has 0 aliphatic carbocycles. The second kappa shape index (κ2) is 6.70. The highest BCUT2D eigenvalue weighted by Crippen LogP contribution is 2.15. The standard InChI is InChI=1S/C16H18FN3O2/c17-13-5-3-4-12(8-13)16(21)19-14-9-18-20(10-14)11-15-6-1-2-7-22-15/h3-5,8-10,15H,1-2,6-7,11H2,(H,19,21). The first-order chi connectivity index (χ1) is 10.7. The van der Waals surface area contributed by atoms with Crippen molar-refractivity contribution in [1.29, 1.82) is 0 Å². The lowest BCUT2D eigenvalue weighted by atomic mass is 10.1. The number of nitrogens with zero attached hydrogens (tertiary/aromatic N) is 2. The normalized spacial score (nSPS) is 18.1. The lowest BCUT2D eigenvalue weighted by molar-refractivity contribution is 0.00401. The average molecular weight is 303 g/mol. The molecule has 0 spiro atoms. The van der Waals surface area contributed by atoms with E-state index in [0.717, 1.165) is 19.4 Å². The molecule has 1 aliphatic rings. The number of hydrogen-bond acceptors (Lipinski definition) is 3. The number of carbonyl (C=O) groups is 1. The Labute approximate surface area is 128 Å². The van der Waals surface area contributed by atoms with E-state index in [2.05, 4.69) is 10.4 Å². The Morgan fingerprint density at radius 1 is 1.45 bits per heavy atom. The molecule has 116 valence electrons. The summed E-state index contributed by atoms with van der Waals surface area (Å²) < 4.78 is 20.5. The number of rotatable bonds is 4. The number of halogens is 1. The summed E-state index contributed by atoms with van der Waals surface area (Å²) in [5.74, 6) is -0.786. The fraction of sp³-hybridized carbons (Fsp3) is 0.375. The molecular weight excluding hydrogens is 285 g/mol. The predicted molar refractivity (Wildman–Crippen MR) is 80.2 cm³/mol. The summed E-state index contributed by atoms with van der Waals surface area (Å²) in [6.45, 7) is 1.48. The van der Waals surface area contributed by atoms with Gasteiger partial charge in [-0.15, -0.1) is 0 Å². The Morgan fingerprint density at radius 3 is 3.14 bits per heavy atom. The summed E-state index contributed by atoms with van der Waals surface area (Å²) in [7, 11) is 0. The van der Waals surface area contributed by atoms with Crippen LogP contribution in [0.25, 0.3) is 0 Å². The van der Waals surface area contributed by atoms with Crippen LogP contribution in [0.4, 0.5) is 10.1 Å². The minimum atomic E-state index is -0.433. The Kier molecular flexibility index (Phi) is 4.48. The topological polar surface area (TPSA) is 56.2 Å². The molecule has 2 heterocycles. The van der Waals surface area contributed by atoms with Crippen LogP contribution in [0.15, 0.2) is 36.7 Å². The van der Waals surface area contributed by atoms with Gasteiger partial charge < -0.3 is 10.1 Å². The van der Waals surface area contributed by atoms with Crippen molar-refractivity contribution in [3.8, 4) is 0 Å². The van der Waals surface area contributed by atoms with Crippen LogP contribution in [-0.2, 0) is 11.3 Å². The van der Waals surface area contributed by atoms with Crippen LogP contribution in [0, 0.1) is 5.82 Å². The minimum Gasteiger partial charge on any atom is -0.376 e. The number of aromatic nitrogens is 2. The second-order valence-corrected chi connectivity index (χ2v) is 5.40. The summed E-state index contributed by atoms with van der Waals surface area (Å²) in [4.78, 5) is 12.0. The van der Waals surface area contributed by atoms with E-state index in [1.165, 1.54) is 24.6 Å². The predicted octanol–water partition coefficient (Wildman–Crippen LogP) is 2.84. The summed E-state index contributed by atoms with van der Waals surface area (Å²) in [5, 5.41) is 6.94. The van der Waals surface area contributed by atoms with Crippen LogP contribution in [0.3, 0.4) is 0 Å². The lowest BCUT2D eigenvalue weighted by Crippen LogP contribution is -2.24. The number of amides is 1. The second-order valence-electron chi connectivity index (χ2n) is 5.40. The number of benzene rings is 1. The van der Waals surface area contributed by atoms with Crippen LogP contribution >= 0.6 is 0 Å². The van der Waals surface area contributed by atoms with Crippen molar-refractivity contribution >= 4 is 11.6 Å². The van der Waals surface area contributed by atoms with Gasteiger partial charge in [-0.05, 0) is 37.5 Å². The zero-order valence-corrected chi connectivity index (χ0v) is 12.2. The van der Waals surface area contributed by atoms with Crippen molar-refractivity contribution in [2.45, 2.75) is 31.9 Å². The fourth-order valence-electron chi connectivity index (χ4n) is 2.52. The molecule has 2 aromatic rings. The van der Waals surface area contributed by atoms with Crippen LogP contribution in [0.2, 0.25) is 0 Å². The monoisotopic (exact) mass is 303 g/mol. The molecule has 1 N–H and O–H groups in total. The summed E-state index contributed by atoms with van der Waals surface area (Å²) in [6.07, 6.45) is 6.85. The third-order valence-corrected chi connectivity index (χ3v) is 3.64. The largest absolute Gasteiger partial charge is 0.376 e. The lowest BCUT2D eigenvalue weighted by Gasteiger charge is -2.22.